The molecule has 3 nitrogen and oxygen atoms in total. The number of hydrogen-bond acceptors (Lipinski definition) is 3. The van der Waals surface area contributed by atoms with Gasteiger partial charge in [0.2, 0.25) is 0 Å². The number of nitrogens with one attached hydrogen (secondary N) is 1. The molecule has 19 heavy (non-hydrogen) atoms. The minimum Gasteiger partial charge on any atom is -0.465 e. The Kier molecular flexibility index (Phi) is 5.40. The van der Waals surface area contributed by atoms with Gasteiger partial charge in [0.1, 0.15) is 0 Å². The van der Waals surface area contributed by atoms with Crippen LogP contribution in [0.1, 0.15) is 48.0 Å². The van der Waals surface area contributed by atoms with Crippen LogP contribution in [0.5, 0.6) is 0 Å². The lowest BCUT2D eigenvalue weighted by Gasteiger charge is -2.11. The molecule has 2 rings (SSSR count). The van der Waals surface area contributed by atoms with Crippen LogP contribution in [0.15, 0.2) is 24.3 Å². The molecule has 1 aromatic carbocycles. The maximum atomic E-state index is 11.6. The molecule has 0 spiro atoms. The first kappa shape index (κ1) is 14.1. The molecule has 3 heteroatoms. The third-order valence-electron chi connectivity index (χ3n) is 3.94. The molecule has 104 valence electrons. The molecule has 1 aliphatic carbocycles. The van der Waals surface area contributed by atoms with E-state index in [0.717, 1.165) is 24.6 Å². The standard InChI is InChI=1S/C16H23NO2/c1-19-16(18)15-9-5-4-8-14(15)12-17-11-10-13-6-2-3-7-13/h4-5,8-9,13,17H,2-3,6-7,10-12H2,1H3. The molecule has 1 aliphatic rings. The van der Waals surface area contributed by atoms with E-state index < -0.39 is 0 Å². The summed E-state index contributed by atoms with van der Waals surface area (Å²) in [4.78, 5) is 11.6. The SMILES string of the molecule is COC(=O)c1ccccc1CNCCC1CCCC1. The van der Waals surface area contributed by atoms with Crippen LogP contribution < -0.4 is 5.32 Å². The molecule has 0 aromatic heterocycles. The number of methoxy groups -OCH3 is 1. The Morgan fingerprint density at radius 2 is 2.05 bits per heavy atom. The van der Waals surface area contributed by atoms with Gasteiger partial charge in [0, 0.05) is 6.54 Å². The topological polar surface area (TPSA) is 38.3 Å². The van der Waals surface area contributed by atoms with Gasteiger partial charge in [-0.15, -0.1) is 0 Å². The highest BCUT2D eigenvalue weighted by Gasteiger charge is 2.14. The normalized spacial score (nSPS) is 15.6. The molecule has 0 radical (unpaired) electrons. The second-order valence-corrected chi connectivity index (χ2v) is 5.26. The van der Waals surface area contributed by atoms with E-state index in [9.17, 15) is 4.79 Å². The maximum absolute atomic E-state index is 11.6. The average molecular weight is 261 g/mol. The molecular formula is C16H23NO2. The van der Waals surface area contributed by atoms with Crippen LogP contribution in [0.25, 0.3) is 0 Å². The van der Waals surface area contributed by atoms with Crippen LogP contribution in [-0.2, 0) is 11.3 Å². The molecule has 0 amide bonds. The summed E-state index contributed by atoms with van der Waals surface area (Å²) in [6, 6.07) is 7.63. The van der Waals surface area contributed by atoms with Crippen LogP contribution in [0.4, 0.5) is 0 Å². The van der Waals surface area contributed by atoms with Gasteiger partial charge in [-0.05, 0) is 30.5 Å². The molecule has 1 saturated carbocycles. The Morgan fingerprint density at radius 1 is 1.32 bits per heavy atom. The van der Waals surface area contributed by atoms with Crippen molar-refractivity contribution in [3.05, 3.63) is 35.4 Å². The Bertz CT molecular complexity index is 411. The molecule has 0 atom stereocenters. The van der Waals surface area contributed by atoms with Crippen LogP contribution in [0.2, 0.25) is 0 Å². The summed E-state index contributed by atoms with van der Waals surface area (Å²) in [6.07, 6.45) is 6.83. The zero-order valence-corrected chi connectivity index (χ0v) is 11.7. The lowest BCUT2D eigenvalue weighted by Crippen LogP contribution is -2.19. The van der Waals surface area contributed by atoms with E-state index in [-0.39, 0.29) is 5.97 Å². The second-order valence-electron chi connectivity index (χ2n) is 5.26. The molecule has 0 unspecified atom stereocenters. The van der Waals surface area contributed by atoms with Crippen LogP contribution >= 0.6 is 0 Å². The van der Waals surface area contributed by atoms with Gasteiger partial charge in [-0.3, -0.25) is 0 Å². The minimum absolute atomic E-state index is 0.256. The second kappa shape index (κ2) is 7.29. The van der Waals surface area contributed by atoms with Crippen molar-refractivity contribution in [2.24, 2.45) is 5.92 Å². The largest absolute Gasteiger partial charge is 0.465 e. The molecule has 1 fully saturated rings. The molecule has 1 aromatic rings. The van der Waals surface area contributed by atoms with Crippen LogP contribution in [0.3, 0.4) is 0 Å². The molecule has 0 heterocycles. The lowest BCUT2D eigenvalue weighted by molar-refractivity contribution is 0.0599. The Morgan fingerprint density at radius 3 is 2.79 bits per heavy atom. The van der Waals surface area contributed by atoms with E-state index in [1.807, 2.05) is 24.3 Å². The third-order valence-corrected chi connectivity index (χ3v) is 3.94. The van der Waals surface area contributed by atoms with Crippen molar-refractivity contribution in [1.82, 2.24) is 5.32 Å². The smallest absolute Gasteiger partial charge is 0.338 e. The fourth-order valence-electron chi connectivity index (χ4n) is 2.81. The van der Waals surface area contributed by atoms with Crippen molar-refractivity contribution in [1.29, 1.82) is 0 Å². The highest BCUT2D eigenvalue weighted by Crippen LogP contribution is 2.26. The number of ether oxygens (including phenoxy) is 1. The summed E-state index contributed by atoms with van der Waals surface area (Å²) in [5.41, 5.74) is 1.68. The number of hydrogen-bond donors (Lipinski definition) is 1. The number of carbonyl (C=O) groups is 1. The van der Waals surface area contributed by atoms with Crippen LogP contribution in [-0.4, -0.2) is 19.6 Å². The summed E-state index contributed by atoms with van der Waals surface area (Å²) in [7, 11) is 1.42. The highest BCUT2D eigenvalue weighted by atomic mass is 16.5. The van der Waals surface area contributed by atoms with E-state index in [0.29, 0.717) is 5.56 Å². The highest BCUT2D eigenvalue weighted by molar-refractivity contribution is 5.90. The summed E-state index contributed by atoms with van der Waals surface area (Å²) in [5, 5.41) is 3.44. The van der Waals surface area contributed by atoms with Gasteiger partial charge >= 0.3 is 5.97 Å². The van der Waals surface area contributed by atoms with Crippen molar-refractivity contribution in [2.75, 3.05) is 13.7 Å². The van der Waals surface area contributed by atoms with E-state index >= 15 is 0 Å². The average Bonchev–Trinajstić information content (AvgIpc) is 2.96. The van der Waals surface area contributed by atoms with E-state index in [1.54, 1.807) is 0 Å². The number of benzene rings is 1. The van der Waals surface area contributed by atoms with Gasteiger partial charge in [-0.2, -0.15) is 0 Å². The molecule has 1 N–H and O–H groups in total. The number of rotatable bonds is 6. The summed E-state index contributed by atoms with van der Waals surface area (Å²) >= 11 is 0. The zero-order valence-electron chi connectivity index (χ0n) is 11.7. The van der Waals surface area contributed by atoms with Crippen molar-refractivity contribution in [2.45, 2.75) is 38.6 Å². The lowest BCUT2D eigenvalue weighted by atomic mass is 10.0. The monoisotopic (exact) mass is 261 g/mol. The first-order valence-electron chi connectivity index (χ1n) is 7.18. The fraction of sp³-hybridized carbons (Fsp3) is 0.562. The van der Waals surface area contributed by atoms with E-state index in [4.69, 9.17) is 4.74 Å². The first-order valence-corrected chi connectivity index (χ1v) is 7.18. The maximum Gasteiger partial charge on any atom is 0.338 e. The molecule has 0 aliphatic heterocycles. The van der Waals surface area contributed by atoms with Crippen molar-refractivity contribution in [3.8, 4) is 0 Å². The molecule has 0 bridgehead atoms. The fourth-order valence-corrected chi connectivity index (χ4v) is 2.81. The number of esters is 1. The zero-order chi connectivity index (χ0) is 13.5. The Balaban J connectivity index is 1.80. The summed E-state index contributed by atoms with van der Waals surface area (Å²) in [5.74, 6) is 0.650. The number of carbonyl (C=O) groups excluding carboxylic acids is 1. The van der Waals surface area contributed by atoms with Crippen molar-refractivity contribution >= 4 is 5.97 Å². The third kappa shape index (κ3) is 4.06. The van der Waals surface area contributed by atoms with E-state index in [2.05, 4.69) is 5.32 Å². The van der Waals surface area contributed by atoms with Gasteiger partial charge in [-0.1, -0.05) is 43.9 Å². The van der Waals surface area contributed by atoms with Crippen molar-refractivity contribution in [3.63, 3.8) is 0 Å². The molecular weight excluding hydrogens is 238 g/mol. The quantitative estimate of drug-likeness (QED) is 0.631. The van der Waals surface area contributed by atoms with Gasteiger partial charge in [0.25, 0.3) is 0 Å². The molecule has 0 saturated heterocycles. The Hall–Kier alpha value is -1.35. The van der Waals surface area contributed by atoms with Gasteiger partial charge in [0.05, 0.1) is 12.7 Å². The van der Waals surface area contributed by atoms with Crippen LogP contribution in [0, 0.1) is 5.92 Å². The Labute approximate surface area is 115 Å². The predicted molar refractivity (Wildman–Crippen MR) is 76.1 cm³/mol. The minimum atomic E-state index is -0.256. The van der Waals surface area contributed by atoms with Gasteiger partial charge in [-0.25, -0.2) is 4.79 Å². The van der Waals surface area contributed by atoms with E-state index in [1.165, 1.54) is 39.2 Å². The van der Waals surface area contributed by atoms with Crippen molar-refractivity contribution < 1.29 is 9.53 Å². The summed E-state index contributed by atoms with van der Waals surface area (Å²) in [6.45, 7) is 1.76. The summed E-state index contributed by atoms with van der Waals surface area (Å²) < 4.78 is 4.80. The predicted octanol–water partition coefficient (Wildman–Crippen LogP) is 3.14. The first-order chi connectivity index (χ1) is 9.31. The van der Waals surface area contributed by atoms with Gasteiger partial charge < -0.3 is 10.1 Å². The van der Waals surface area contributed by atoms with Gasteiger partial charge in [0.15, 0.2) is 0 Å².